The Balaban J connectivity index is 1.47. The zero-order valence-electron chi connectivity index (χ0n) is 13.3. The summed E-state index contributed by atoms with van der Waals surface area (Å²) in [5, 5.41) is 14.8. The maximum atomic E-state index is 6.15. The van der Waals surface area contributed by atoms with E-state index in [9.17, 15) is 0 Å². The van der Waals surface area contributed by atoms with Crippen LogP contribution >= 0.6 is 11.6 Å². The third-order valence-electron chi connectivity index (χ3n) is 5.14. The van der Waals surface area contributed by atoms with Crippen LogP contribution in [0.25, 0.3) is 11.0 Å². The van der Waals surface area contributed by atoms with Gasteiger partial charge in [-0.3, -0.25) is 0 Å². The van der Waals surface area contributed by atoms with E-state index in [4.69, 9.17) is 16.1 Å². The second-order valence-corrected chi connectivity index (χ2v) is 7.10. The molecule has 0 bridgehead atoms. The van der Waals surface area contributed by atoms with Crippen LogP contribution in [-0.2, 0) is 13.0 Å². The molecule has 7 heteroatoms. The first-order valence-corrected chi connectivity index (χ1v) is 8.89. The number of benzene rings is 1. The number of nitrogens with zero attached hydrogens (tertiary/aromatic N) is 5. The molecule has 6 nitrogen and oxygen atoms in total. The molecule has 0 spiro atoms. The van der Waals surface area contributed by atoms with Gasteiger partial charge in [0, 0.05) is 37.0 Å². The van der Waals surface area contributed by atoms with Crippen LogP contribution in [0.1, 0.15) is 36.8 Å². The van der Waals surface area contributed by atoms with Crippen molar-refractivity contribution >= 4 is 28.4 Å². The number of halogens is 1. The van der Waals surface area contributed by atoms with E-state index in [-0.39, 0.29) is 0 Å². The molecule has 0 saturated carbocycles. The second kappa shape index (κ2) is 5.48. The van der Waals surface area contributed by atoms with Gasteiger partial charge in [-0.1, -0.05) is 16.8 Å². The third kappa shape index (κ3) is 2.20. The fourth-order valence-corrected chi connectivity index (χ4v) is 4.15. The molecule has 5 rings (SSSR count). The van der Waals surface area contributed by atoms with Gasteiger partial charge >= 0.3 is 0 Å². The Morgan fingerprint density at radius 1 is 1.17 bits per heavy atom. The highest BCUT2D eigenvalue weighted by Crippen LogP contribution is 2.34. The van der Waals surface area contributed by atoms with Crippen LogP contribution in [0.5, 0.6) is 0 Å². The predicted octanol–water partition coefficient (Wildman–Crippen LogP) is 3.40. The molecule has 2 aliphatic rings. The zero-order chi connectivity index (χ0) is 16.1. The van der Waals surface area contributed by atoms with Crippen molar-refractivity contribution in [2.75, 3.05) is 18.0 Å². The molecule has 1 saturated heterocycles. The number of rotatable bonds is 2. The Kier molecular flexibility index (Phi) is 3.26. The standard InChI is InChI=1S/C17H18ClN5O/c18-12-5-6-14-13(9-12)17(21-24-14)22-7-1-3-11(10-22)16-20-19-15-4-2-8-23(15)16/h5-6,9,11H,1-4,7-8,10H2/t11-/m1/s1. The van der Waals surface area contributed by atoms with Gasteiger partial charge in [-0.2, -0.15) is 0 Å². The molecular weight excluding hydrogens is 326 g/mol. The van der Waals surface area contributed by atoms with Crippen molar-refractivity contribution in [2.45, 2.75) is 38.1 Å². The summed E-state index contributed by atoms with van der Waals surface area (Å²) in [7, 11) is 0. The van der Waals surface area contributed by atoms with E-state index >= 15 is 0 Å². The smallest absolute Gasteiger partial charge is 0.180 e. The summed E-state index contributed by atoms with van der Waals surface area (Å²) in [5.41, 5.74) is 0.778. The van der Waals surface area contributed by atoms with Gasteiger partial charge < -0.3 is 14.0 Å². The van der Waals surface area contributed by atoms with Gasteiger partial charge in [-0.15, -0.1) is 10.2 Å². The van der Waals surface area contributed by atoms with Crippen LogP contribution in [-0.4, -0.2) is 33.0 Å². The first-order valence-electron chi connectivity index (χ1n) is 8.51. The van der Waals surface area contributed by atoms with Crippen molar-refractivity contribution < 1.29 is 4.52 Å². The molecule has 0 amide bonds. The van der Waals surface area contributed by atoms with Crippen LogP contribution in [0, 0.1) is 0 Å². The summed E-state index contributed by atoms with van der Waals surface area (Å²) in [6, 6.07) is 5.64. The molecule has 1 aromatic carbocycles. The van der Waals surface area contributed by atoms with E-state index < -0.39 is 0 Å². The van der Waals surface area contributed by atoms with E-state index in [1.807, 2.05) is 18.2 Å². The lowest BCUT2D eigenvalue weighted by molar-refractivity contribution is 0.436. The van der Waals surface area contributed by atoms with Gasteiger partial charge in [0.05, 0.1) is 5.39 Å². The Bertz CT molecular complexity index is 902. The lowest BCUT2D eigenvalue weighted by Gasteiger charge is -2.32. The SMILES string of the molecule is Clc1ccc2onc(N3CCC[C@@H](c4nnc5n4CCC5)C3)c2c1. The summed E-state index contributed by atoms with van der Waals surface area (Å²) in [4.78, 5) is 2.30. The summed E-state index contributed by atoms with van der Waals surface area (Å²) >= 11 is 6.15. The van der Waals surface area contributed by atoms with Crippen LogP contribution in [0.4, 0.5) is 5.82 Å². The summed E-state index contributed by atoms with van der Waals surface area (Å²) in [6.45, 7) is 2.93. The number of aryl methyl sites for hydroxylation is 1. The lowest BCUT2D eigenvalue weighted by atomic mass is 9.97. The molecule has 24 heavy (non-hydrogen) atoms. The number of fused-ring (bicyclic) bond motifs is 2. The normalized spacial score (nSPS) is 20.7. The fourth-order valence-electron chi connectivity index (χ4n) is 3.98. The van der Waals surface area contributed by atoms with E-state index in [1.54, 1.807) is 0 Å². The zero-order valence-corrected chi connectivity index (χ0v) is 14.0. The summed E-state index contributed by atoms with van der Waals surface area (Å²) < 4.78 is 7.79. The van der Waals surface area contributed by atoms with Gasteiger partial charge in [0.15, 0.2) is 11.4 Å². The minimum absolute atomic E-state index is 0.393. The van der Waals surface area contributed by atoms with Crippen molar-refractivity contribution in [1.82, 2.24) is 19.9 Å². The molecule has 4 heterocycles. The fraction of sp³-hybridized carbons (Fsp3) is 0.471. The minimum atomic E-state index is 0.393. The predicted molar refractivity (Wildman–Crippen MR) is 91.6 cm³/mol. The van der Waals surface area contributed by atoms with Crippen LogP contribution < -0.4 is 4.90 Å². The summed E-state index contributed by atoms with van der Waals surface area (Å²) in [6.07, 6.45) is 4.49. The van der Waals surface area contributed by atoms with Crippen LogP contribution in [0.2, 0.25) is 5.02 Å². The molecule has 2 aromatic heterocycles. The average molecular weight is 344 g/mol. The molecule has 0 radical (unpaired) electrons. The number of aromatic nitrogens is 4. The van der Waals surface area contributed by atoms with E-state index in [1.165, 1.54) is 6.42 Å². The third-order valence-corrected chi connectivity index (χ3v) is 5.37. The average Bonchev–Trinajstić information content (AvgIpc) is 3.29. The van der Waals surface area contributed by atoms with Crippen molar-refractivity contribution in [2.24, 2.45) is 0 Å². The molecule has 3 aromatic rings. The monoisotopic (exact) mass is 343 g/mol. The molecular formula is C17H18ClN5O. The maximum absolute atomic E-state index is 6.15. The Morgan fingerprint density at radius 2 is 2.12 bits per heavy atom. The molecule has 2 aliphatic heterocycles. The van der Waals surface area contributed by atoms with Crippen molar-refractivity contribution in [3.63, 3.8) is 0 Å². The first kappa shape index (κ1) is 14.3. The molecule has 0 unspecified atom stereocenters. The lowest BCUT2D eigenvalue weighted by Crippen LogP contribution is -2.35. The summed E-state index contributed by atoms with van der Waals surface area (Å²) in [5.74, 6) is 3.56. The second-order valence-electron chi connectivity index (χ2n) is 6.66. The maximum Gasteiger partial charge on any atom is 0.180 e. The number of anilines is 1. The largest absolute Gasteiger partial charge is 0.354 e. The molecule has 0 aliphatic carbocycles. The van der Waals surface area contributed by atoms with Crippen molar-refractivity contribution in [1.29, 1.82) is 0 Å². The highest BCUT2D eigenvalue weighted by atomic mass is 35.5. The van der Waals surface area contributed by atoms with Gasteiger partial charge in [0.2, 0.25) is 0 Å². The van der Waals surface area contributed by atoms with Gasteiger partial charge in [0.1, 0.15) is 11.6 Å². The van der Waals surface area contributed by atoms with Crippen LogP contribution in [0.15, 0.2) is 22.7 Å². The highest BCUT2D eigenvalue weighted by Gasteiger charge is 2.30. The van der Waals surface area contributed by atoms with E-state index in [0.29, 0.717) is 10.9 Å². The molecule has 124 valence electrons. The highest BCUT2D eigenvalue weighted by molar-refractivity contribution is 6.31. The Hall–Kier alpha value is -2.08. The van der Waals surface area contributed by atoms with E-state index in [2.05, 4.69) is 24.8 Å². The Morgan fingerprint density at radius 3 is 3.08 bits per heavy atom. The molecule has 0 N–H and O–H groups in total. The van der Waals surface area contributed by atoms with Gasteiger partial charge in [0.25, 0.3) is 0 Å². The van der Waals surface area contributed by atoms with Crippen molar-refractivity contribution in [3.05, 3.63) is 34.9 Å². The topological polar surface area (TPSA) is 60.0 Å². The van der Waals surface area contributed by atoms with Gasteiger partial charge in [-0.25, -0.2) is 0 Å². The van der Waals surface area contributed by atoms with Gasteiger partial charge in [-0.05, 0) is 37.5 Å². The molecule has 1 fully saturated rings. The first-order chi connectivity index (χ1) is 11.8. The minimum Gasteiger partial charge on any atom is -0.354 e. The number of hydrogen-bond acceptors (Lipinski definition) is 5. The van der Waals surface area contributed by atoms with Crippen LogP contribution in [0.3, 0.4) is 0 Å². The van der Waals surface area contributed by atoms with Crippen molar-refractivity contribution in [3.8, 4) is 0 Å². The number of piperidine rings is 1. The number of hydrogen-bond donors (Lipinski definition) is 0. The van der Waals surface area contributed by atoms with E-state index in [0.717, 1.165) is 67.3 Å². The molecule has 1 atom stereocenters. The quantitative estimate of drug-likeness (QED) is 0.713. The Labute approximate surface area is 144 Å².